The van der Waals surface area contributed by atoms with Crippen molar-refractivity contribution in [1.82, 2.24) is 0 Å². The van der Waals surface area contributed by atoms with Gasteiger partial charge in [0, 0.05) is 16.6 Å². The van der Waals surface area contributed by atoms with E-state index in [9.17, 15) is 9.00 Å². The summed E-state index contributed by atoms with van der Waals surface area (Å²) >= 11 is 0. The summed E-state index contributed by atoms with van der Waals surface area (Å²) in [5.41, 5.74) is 1.21. The van der Waals surface area contributed by atoms with Gasteiger partial charge in [0.25, 0.3) is 0 Å². The molecule has 2 aromatic carbocycles. The Morgan fingerprint density at radius 1 is 1.10 bits per heavy atom. The van der Waals surface area contributed by atoms with Crippen LogP contribution in [0, 0.1) is 0 Å². The predicted molar refractivity (Wildman–Crippen MR) is 82.1 cm³/mol. The first-order valence-electron chi connectivity index (χ1n) is 6.50. The van der Waals surface area contributed by atoms with Crippen molar-refractivity contribution in [3.8, 4) is 5.75 Å². The third kappa shape index (κ3) is 5.04. The number of ether oxygens (including phenoxy) is 1. The molecule has 0 aromatic heterocycles. The van der Waals surface area contributed by atoms with Crippen molar-refractivity contribution in [3.63, 3.8) is 0 Å². The van der Waals surface area contributed by atoms with Crippen LogP contribution in [0.1, 0.15) is 15.9 Å². The highest BCUT2D eigenvalue weighted by Crippen LogP contribution is 2.13. The Bertz CT molecular complexity index is 625. The lowest BCUT2D eigenvalue weighted by Gasteiger charge is -2.07. The summed E-state index contributed by atoms with van der Waals surface area (Å²) in [7, 11) is -1.00. The minimum atomic E-state index is -1.00. The molecule has 0 aliphatic heterocycles. The number of hydrogen-bond donors (Lipinski definition) is 1. The van der Waals surface area contributed by atoms with Crippen LogP contribution in [0.15, 0.2) is 54.6 Å². The van der Waals surface area contributed by atoms with Crippen LogP contribution in [0.2, 0.25) is 0 Å². The molecule has 1 N–H and O–H groups in total. The molecule has 110 valence electrons. The van der Waals surface area contributed by atoms with E-state index in [0.717, 1.165) is 5.56 Å². The molecule has 0 saturated carbocycles. The van der Waals surface area contributed by atoms with E-state index < -0.39 is 16.8 Å². The third-order valence-corrected chi connectivity index (χ3v) is 4.11. The molecule has 0 aliphatic carbocycles. The van der Waals surface area contributed by atoms with Crippen molar-refractivity contribution in [2.75, 3.05) is 12.4 Å². The molecule has 0 spiro atoms. The Hall–Kier alpha value is -2.14. The molecular formula is C16H16O4S. The fourth-order valence-corrected chi connectivity index (χ4v) is 2.78. The van der Waals surface area contributed by atoms with Crippen LogP contribution in [-0.4, -0.2) is 27.6 Å². The Morgan fingerprint density at radius 2 is 1.86 bits per heavy atom. The van der Waals surface area contributed by atoms with E-state index in [1.165, 1.54) is 12.1 Å². The molecule has 0 radical (unpaired) electrons. The average Bonchev–Trinajstić information content (AvgIpc) is 2.48. The van der Waals surface area contributed by atoms with Crippen LogP contribution in [-0.2, 0) is 16.6 Å². The second-order valence-electron chi connectivity index (χ2n) is 4.46. The number of rotatable bonds is 7. The monoisotopic (exact) mass is 304 g/mol. The van der Waals surface area contributed by atoms with Gasteiger partial charge in [0.15, 0.2) is 0 Å². The van der Waals surface area contributed by atoms with Gasteiger partial charge in [0.1, 0.15) is 5.75 Å². The van der Waals surface area contributed by atoms with Crippen molar-refractivity contribution in [2.24, 2.45) is 0 Å². The molecule has 0 aliphatic rings. The number of carboxylic acids is 1. The first-order valence-corrected chi connectivity index (χ1v) is 7.99. The summed E-state index contributed by atoms with van der Waals surface area (Å²) < 4.78 is 17.4. The van der Waals surface area contributed by atoms with Crippen LogP contribution in [0.5, 0.6) is 5.75 Å². The molecule has 1 atom stereocenters. The molecule has 5 heteroatoms. The summed E-state index contributed by atoms with van der Waals surface area (Å²) in [5.74, 6) is 0.394. The first kappa shape index (κ1) is 15.3. The van der Waals surface area contributed by atoms with Crippen molar-refractivity contribution in [1.29, 1.82) is 0 Å². The highest BCUT2D eigenvalue weighted by atomic mass is 32.2. The maximum Gasteiger partial charge on any atom is 0.335 e. The first-order chi connectivity index (χ1) is 10.1. The van der Waals surface area contributed by atoms with E-state index in [2.05, 4.69) is 0 Å². The lowest BCUT2D eigenvalue weighted by atomic mass is 10.2. The zero-order valence-electron chi connectivity index (χ0n) is 11.4. The Balaban J connectivity index is 1.80. The minimum Gasteiger partial charge on any atom is -0.493 e. The lowest BCUT2D eigenvalue weighted by molar-refractivity contribution is 0.0696. The number of carboxylic acid groups (broad SMARTS) is 1. The normalized spacial score (nSPS) is 11.8. The SMILES string of the molecule is O=C(O)c1cccc(OCCS(=O)Cc2ccccc2)c1. The second kappa shape index (κ2) is 7.59. The maximum absolute atomic E-state index is 11.9. The third-order valence-electron chi connectivity index (χ3n) is 2.83. The predicted octanol–water partition coefficient (Wildman–Crippen LogP) is 2.71. The van der Waals surface area contributed by atoms with Crippen LogP contribution >= 0.6 is 0 Å². The van der Waals surface area contributed by atoms with E-state index in [1.807, 2.05) is 30.3 Å². The topological polar surface area (TPSA) is 63.6 Å². The van der Waals surface area contributed by atoms with Crippen LogP contribution in [0.25, 0.3) is 0 Å². The van der Waals surface area contributed by atoms with Gasteiger partial charge in [0.05, 0.1) is 17.9 Å². The molecule has 4 nitrogen and oxygen atoms in total. The van der Waals surface area contributed by atoms with Gasteiger partial charge in [-0.3, -0.25) is 4.21 Å². The minimum absolute atomic E-state index is 0.179. The van der Waals surface area contributed by atoms with Crippen molar-refractivity contribution >= 4 is 16.8 Å². The van der Waals surface area contributed by atoms with E-state index in [1.54, 1.807) is 12.1 Å². The standard InChI is InChI=1S/C16H16O4S/c17-16(18)14-7-4-8-15(11-14)20-9-10-21(19)12-13-5-2-1-3-6-13/h1-8,11H,9-10,12H2,(H,17,18). The summed E-state index contributed by atoms with van der Waals surface area (Å²) in [6.07, 6.45) is 0. The maximum atomic E-state index is 11.9. The molecule has 1 unspecified atom stereocenters. The Labute approximate surface area is 125 Å². The number of benzene rings is 2. The summed E-state index contributed by atoms with van der Waals surface area (Å²) in [5, 5.41) is 8.88. The fourth-order valence-electron chi connectivity index (χ4n) is 1.80. The fraction of sp³-hybridized carbons (Fsp3) is 0.188. The van der Waals surface area contributed by atoms with E-state index >= 15 is 0 Å². The smallest absolute Gasteiger partial charge is 0.335 e. The zero-order valence-corrected chi connectivity index (χ0v) is 12.2. The summed E-state index contributed by atoms with van der Waals surface area (Å²) in [6, 6.07) is 15.9. The van der Waals surface area contributed by atoms with Gasteiger partial charge in [0.2, 0.25) is 0 Å². The molecule has 2 rings (SSSR count). The number of carbonyl (C=O) groups is 1. The largest absolute Gasteiger partial charge is 0.493 e. The highest BCUT2D eigenvalue weighted by molar-refractivity contribution is 7.84. The molecule has 0 bridgehead atoms. The van der Waals surface area contributed by atoms with Crippen molar-refractivity contribution < 1.29 is 18.8 Å². The van der Waals surface area contributed by atoms with Crippen LogP contribution < -0.4 is 4.74 Å². The van der Waals surface area contributed by atoms with E-state index in [4.69, 9.17) is 9.84 Å². The van der Waals surface area contributed by atoms with Gasteiger partial charge in [-0.25, -0.2) is 4.79 Å². The van der Waals surface area contributed by atoms with Crippen LogP contribution in [0.4, 0.5) is 0 Å². The summed E-state index contributed by atoms with van der Waals surface area (Å²) in [4.78, 5) is 10.8. The van der Waals surface area contributed by atoms with Gasteiger partial charge in [-0.2, -0.15) is 0 Å². The molecule has 21 heavy (non-hydrogen) atoms. The van der Waals surface area contributed by atoms with Crippen molar-refractivity contribution in [3.05, 3.63) is 65.7 Å². The molecule has 0 fully saturated rings. The highest BCUT2D eigenvalue weighted by Gasteiger charge is 2.05. The van der Waals surface area contributed by atoms with Gasteiger partial charge < -0.3 is 9.84 Å². The molecule has 0 saturated heterocycles. The quantitative estimate of drug-likeness (QED) is 0.854. The van der Waals surface area contributed by atoms with Gasteiger partial charge in [-0.15, -0.1) is 0 Å². The van der Waals surface area contributed by atoms with Crippen molar-refractivity contribution in [2.45, 2.75) is 5.75 Å². The molecule has 0 heterocycles. The lowest BCUT2D eigenvalue weighted by Crippen LogP contribution is -2.10. The van der Waals surface area contributed by atoms with Gasteiger partial charge >= 0.3 is 5.97 Å². The molecule has 2 aromatic rings. The van der Waals surface area contributed by atoms with E-state index in [-0.39, 0.29) is 5.56 Å². The zero-order chi connectivity index (χ0) is 15.1. The molecular weight excluding hydrogens is 288 g/mol. The summed E-state index contributed by atoms with van der Waals surface area (Å²) in [6.45, 7) is 0.294. The second-order valence-corrected chi connectivity index (χ2v) is 6.03. The van der Waals surface area contributed by atoms with Crippen LogP contribution in [0.3, 0.4) is 0 Å². The average molecular weight is 304 g/mol. The Morgan fingerprint density at radius 3 is 2.57 bits per heavy atom. The number of hydrogen-bond acceptors (Lipinski definition) is 3. The van der Waals surface area contributed by atoms with E-state index in [0.29, 0.717) is 23.9 Å². The number of aromatic carboxylic acids is 1. The van der Waals surface area contributed by atoms with Gasteiger partial charge in [-0.05, 0) is 23.8 Å². The Kier molecular flexibility index (Phi) is 5.51. The molecule has 0 amide bonds. The van der Waals surface area contributed by atoms with Gasteiger partial charge in [-0.1, -0.05) is 36.4 Å².